The number of hydrogen-bond acceptors (Lipinski definition) is 2. The average Bonchev–Trinajstić information content (AvgIpc) is 2.76. The first-order chi connectivity index (χ1) is 9.06. The van der Waals surface area contributed by atoms with Gasteiger partial charge < -0.3 is 10.6 Å². The first-order valence-electron chi connectivity index (χ1n) is 6.90. The highest BCUT2D eigenvalue weighted by Crippen LogP contribution is 2.35. The van der Waals surface area contributed by atoms with Crippen LogP contribution in [-0.4, -0.2) is 18.0 Å². The summed E-state index contributed by atoms with van der Waals surface area (Å²) >= 11 is 6.19. The number of hydrogen-bond donors (Lipinski definition) is 2. The second-order valence-corrected chi connectivity index (χ2v) is 5.82. The Morgan fingerprint density at radius 1 is 1.37 bits per heavy atom. The van der Waals surface area contributed by atoms with Gasteiger partial charge in [0.1, 0.15) is 0 Å². The highest BCUT2D eigenvalue weighted by molar-refractivity contribution is 6.34. The van der Waals surface area contributed by atoms with Crippen molar-refractivity contribution >= 4 is 23.2 Å². The minimum atomic E-state index is -0.114. The van der Waals surface area contributed by atoms with Crippen LogP contribution in [0.4, 0.5) is 5.69 Å². The molecule has 0 unspecified atom stereocenters. The van der Waals surface area contributed by atoms with E-state index in [2.05, 4.69) is 17.6 Å². The Hall–Kier alpha value is -1.22. The Labute approximate surface area is 119 Å². The molecule has 19 heavy (non-hydrogen) atoms. The lowest BCUT2D eigenvalue weighted by Gasteiger charge is -2.28. The largest absolute Gasteiger partial charge is 0.379 e. The maximum atomic E-state index is 12.1. The third kappa shape index (κ3) is 3.21. The molecule has 0 spiro atoms. The molecule has 1 aromatic carbocycles. The molecular weight excluding hydrogens is 260 g/mol. The molecule has 1 fully saturated rings. The molecule has 1 amide bonds. The second-order valence-electron chi connectivity index (χ2n) is 5.41. The molecule has 1 saturated carbocycles. The van der Waals surface area contributed by atoms with Gasteiger partial charge in [-0.2, -0.15) is 0 Å². The van der Waals surface area contributed by atoms with Gasteiger partial charge in [-0.05, 0) is 38.8 Å². The number of halogens is 1. The summed E-state index contributed by atoms with van der Waals surface area (Å²) in [5.74, 6) is -0.114. The second kappa shape index (κ2) is 5.83. The van der Waals surface area contributed by atoms with Gasteiger partial charge in [-0.3, -0.25) is 4.79 Å². The van der Waals surface area contributed by atoms with Gasteiger partial charge in [-0.25, -0.2) is 0 Å². The van der Waals surface area contributed by atoms with E-state index in [1.54, 1.807) is 6.07 Å². The van der Waals surface area contributed by atoms with Gasteiger partial charge >= 0.3 is 0 Å². The topological polar surface area (TPSA) is 41.1 Å². The van der Waals surface area contributed by atoms with Crippen LogP contribution in [0.1, 0.15) is 49.9 Å². The SMILES string of the molecule is CCNC(=O)c1c(Cl)cccc1NC1(C)CCCC1. The van der Waals surface area contributed by atoms with E-state index >= 15 is 0 Å². The lowest BCUT2D eigenvalue weighted by molar-refractivity contribution is 0.0956. The molecule has 0 radical (unpaired) electrons. The number of amides is 1. The van der Waals surface area contributed by atoms with Crippen LogP contribution >= 0.6 is 11.6 Å². The molecule has 104 valence electrons. The Morgan fingerprint density at radius 3 is 2.68 bits per heavy atom. The molecule has 0 aromatic heterocycles. The minimum absolute atomic E-state index is 0.0753. The van der Waals surface area contributed by atoms with E-state index < -0.39 is 0 Å². The van der Waals surface area contributed by atoms with Crippen LogP contribution in [-0.2, 0) is 0 Å². The van der Waals surface area contributed by atoms with Crippen molar-refractivity contribution in [2.45, 2.75) is 45.1 Å². The summed E-state index contributed by atoms with van der Waals surface area (Å²) in [4.78, 5) is 12.1. The van der Waals surface area contributed by atoms with Crippen molar-refractivity contribution in [1.29, 1.82) is 0 Å². The number of rotatable bonds is 4. The van der Waals surface area contributed by atoms with Crippen molar-refractivity contribution in [3.8, 4) is 0 Å². The van der Waals surface area contributed by atoms with Crippen molar-refractivity contribution in [1.82, 2.24) is 5.32 Å². The third-order valence-corrected chi connectivity index (χ3v) is 4.04. The van der Waals surface area contributed by atoms with Crippen molar-refractivity contribution < 1.29 is 4.79 Å². The van der Waals surface area contributed by atoms with E-state index in [9.17, 15) is 4.79 Å². The monoisotopic (exact) mass is 280 g/mol. The van der Waals surface area contributed by atoms with Gasteiger partial charge in [0.15, 0.2) is 0 Å². The summed E-state index contributed by atoms with van der Waals surface area (Å²) in [6.07, 6.45) is 4.74. The molecule has 1 aliphatic carbocycles. The maximum absolute atomic E-state index is 12.1. The van der Waals surface area contributed by atoms with E-state index in [1.165, 1.54) is 12.8 Å². The number of benzene rings is 1. The predicted molar refractivity (Wildman–Crippen MR) is 80.0 cm³/mol. The quantitative estimate of drug-likeness (QED) is 0.880. The molecular formula is C15H21ClN2O. The van der Waals surface area contributed by atoms with Crippen LogP contribution in [0.15, 0.2) is 18.2 Å². The molecule has 1 aromatic rings. The summed E-state index contributed by atoms with van der Waals surface area (Å²) in [5.41, 5.74) is 1.47. The van der Waals surface area contributed by atoms with E-state index in [4.69, 9.17) is 11.6 Å². The highest BCUT2D eigenvalue weighted by Gasteiger charge is 2.29. The molecule has 0 atom stereocenters. The highest BCUT2D eigenvalue weighted by atomic mass is 35.5. The van der Waals surface area contributed by atoms with Crippen LogP contribution in [0.2, 0.25) is 5.02 Å². The lowest BCUT2D eigenvalue weighted by atomic mass is 9.99. The minimum Gasteiger partial charge on any atom is -0.379 e. The lowest BCUT2D eigenvalue weighted by Crippen LogP contribution is -2.33. The van der Waals surface area contributed by atoms with Gasteiger partial charge in [-0.1, -0.05) is 30.5 Å². The van der Waals surface area contributed by atoms with Crippen molar-refractivity contribution in [3.05, 3.63) is 28.8 Å². The maximum Gasteiger partial charge on any atom is 0.254 e. The first kappa shape index (κ1) is 14.2. The Bertz CT molecular complexity index is 467. The van der Waals surface area contributed by atoms with Gasteiger partial charge in [0.25, 0.3) is 5.91 Å². The fraction of sp³-hybridized carbons (Fsp3) is 0.533. The van der Waals surface area contributed by atoms with Crippen LogP contribution in [0.3, 0.4) is 0 Å². The Balaban J connectivity index is 2.29. The Morgan fingerprint density at radius 2 is 2.05 bits per heavy atom. The normalized spacial score (nSPS) is 17.2. The van der Waals surface area contributed by atoms with Crippen LogP contribution in [0.5, 0.6) is 0 Å². The van der Waals surface area contributed by atoms with Crippen molar-refractivity contribution in [2.75, 3.05) is 11.9 Å². The van der Waals surface area contributed by atoms with Crippen LogP contribution < -0.4 is 10.6 Å². The van der Waals surface area contributed by atoms with Crippen molar-refractivity contribution in [3.63, 3.8) is 0 Å². The number of carbonyl (C=O) groups excluding carboxylic acids is 1. The van der Waals surface area contributed by atoms with E-state index in [0.717, 1.165) is 18.5 Å². The zero-order chi connectivity index (χ0) is 13.9. The van der Waals surface area contributed by atoms with Gasteiger partial charge in [-0.15, -0.1) is 0 Å². The first-order valence-corrected chi connectivity index (χ1v) is 7.28. The molecule has 4 heteroatoms. The predicted octanol–water partition coefficient (Wildman–Crippen LogP) is 3.83. The standard InChI is InChI=1S/C15H21ClN2O/c1-3-17-14(19)13-11(16)7-6-8-12(13)18-15(2)9-4-5-10-15/h6-8,18H,3-5,9-10H2,1-2H3,(H,17,19). The molecule has 3 nitrogen and oxygen atoms in total. The van der Waals surface area contributed by atoms with Crippen LogP contribution in [0.25, 0.3) is 0 Å². The van der Waals surface area contributed by atoms with E-state index in [0.29, 0.717) is 17.1 Å². The van der Waals surface area contributed by atoms with Crippen LogP contribution in [0, 0.1) is 0 Å². The molecule has 2 rings (SSSR count). The molecule has 0 aliphatic heterocycles. The fourth-order valence-electron chi connectivity index (χ4n) is 2.71. The fourth-order valence-corrected chi connectivity index (χ4v) is 2.97. The summed E-state index contributed by atoms with van der Waals surface area (Å²) in [6, 6.07) is 5.57. The van der Waals surface area contributed by atoms with E-state index in [-0.39, 0.29) is 11.4 Å². The van der Waals surface area contributed by atoms with Crippen molar-refractivity contribution in [2.24, 2.45) is 0 Å². The molecule has 1 aliphatic rings. The summed E-state index contributed by atoms with van der Waals surface area (Å²) in [5, 5.41) is 6.84. The zero-order valence-electron chi connectivity index (χ0n) is 11.6. The van der Waals surface area contributed by atoms with Gasteiger partial charge in [0, 0.05) is 17.8 Å². The summed E-state index contributed by atoms with van der Waals surface area (Å²) in [7, 11) is 0. The zero-order valence-corrected chi connectivity index (χ0v) is 12.3. The Kier molecular flexibility index (Phi) is 4.35. The summed E-state index contributed by atoms with van der Waals surface area (Å²) in [6.45, 7) is 4.71. The molecule has 0 saturated heterocycles. The van der Waals surface area contributed by atoms with Gasteiger partial charge in [0.05, 0.1) is 10.6 Å². The molecule has 2 N–H and O–H groups in total. The third-order valence-electron chi connectivity index (χ3n) is 3.72. The number of carbonyl (C=O) groups is 1. The number of nitrogens with one attached hydrogen (secondary N) is 2. The van der Waals surface area contributed by atoms with E-state index in [1.807, 2.05) is 19.1 Å². The smallest absolute Gasteiger partial charge is 0.254 e. The molecule has 0 heterocycles. The number of anilines is 1. The summed E-state index contributed by atoms with van der Waals surface area (Å²) < 4.78 is 0. The molecule has 0 bridgehead atoms. The average molecular weight is 281 g/mol. The van der Waals surface area contributed by atoms with Gasteiger partial charge in [0.2, 0.25) is 0 Å².